The SMILES string of the molecule is CC(C)C.[KH]. The van der Waals surface area contributed by atoms with Gasteiger partial charge in [0.15, 0.2) is 0 Å². The van der Waals surface area contributed by atoms with Gasteiger partial charge in [-0.15, -0.1) is 0 Å². The molecular formula is C4H11K. The molecule has 0 rings (SSSR count). The summed E-state index contributed by atoms with van der Waals surface area (Å²) in [5.74, 6) is 0.833. The zero-order valence-corrected chi connectivity index (χ0v) is 3.58. The van der Waals surface area contributed by atoms with Crippen molar-refractivity contribution in [1.82, 2.24) is 0 Å². The van der Waals surface area contributed by atoms with Gasteiger partial charge >= 0.3 is 51.4 Å². The van der Waals surface area contributed by atoms with Crippen LogP contribution in [0.1, 0.15) is 20.8 Å². The van der Waals surface area contributed by atoms with Gasteiger partial charge in [-0.1, -0.05) is 20.8 Å². The molecule has 0 aliphatic rings. The summed E-state index contributed by atoms with van der Waals surface area (Å²) in [4.78, 5) is 0. The van der Waals surface area contributed by atoms with Crippen LogP contribution in [0.4, 0.5) is 0 Å². The van der Waals surface area contributed by atoms with Crippen LogP contribution < -0.4 is 0 Å². The Labute approximate surface area is 76.8 Å². The van der Waals surface area contributed by atoms with Crippen LogP contribution in [0.25, 0.3) is 0 Å². The van der Waals surface area contributed by atoms with Gasteiger partial charge in [-0.2, -0.15) is 0 Å². The molecule has 0 aromatic rings. The summed E-state index contributed by atoms with van der Waals surface area (Å²) in [5, 5.41) is 0. The van der Waals surface area contributed by atoms with Crippen LogP contribution in [-0.4, -0.2) is 51.4 Å². The molecule has 0 N–H and O–H groups in total. The molecule has 0 saturated heterocycles. The molecule has 0 aromatic heterocycles. The molecule has 0 amide bonds. The van der Waals surface area contributed by atoms with E-state index in [0.717, 1.165) is 5.92 Å². The van der Waals surface area contributed by atoms with Crippen molar-refractivity contribution >= 4 is 51.4 Å². The Balaban J connectivity index is 0. The third-order valence-electron chi connectivity index (χ3n) is 0. The molecule has 0 fully saturated rings. The fraction of sp³-hybridized carbons (Fsp3) is 1.00. The molecule has 0 bridgehead atoms. The molecule has 0 atom stereocenters. The summed E-state index contributed by atoms with van der Waals surface area (Å²) in [5.41, 5.74) is 0. The number of hydrogen-bond acceptors (Lipinski definition) is 0. The van der Waals surface area contributed by atoms with Gasteiger partial charge in [0, 0.05) is 0 Å². The molecule has 1 heteroatoms. The molecular weight excluding hydrogens is 87.1 g/mol. The third kappa shape index (κ3) is 27.8. The van der Waals surface area contributed by atoms with E-state index >= 15 is 0 Å². The van der Waals surface area contributed by atoms with Crippen LogP contribution in [0.15, 0.2) is 0 Å². The Bertz CT molecular complexity index is 8.36. The maximum absolute atomic E-state index is 2.17. The van der Waals surface area contributed by atoms with Gasteiger partial charge in [0.2, 0.25) is 0 Å². The van der Waals surface area contributed by atoms with Gasteiger partial charge in [-0.3, -0.25) is 0 Å². The zero-order chi connectivity index (χ0) is 3.58. The molecule has 0 aliphatic carbocycles. The molecule has 0 nitrogen and oxygen atoms in total. The summed E-state index contributed by atoms with van der Waals surface area (Å²) in [6.45, 7) is 6.50. The molecule has 5 heavy (non-hydrogen) atoms. The summed E-state index contributed by atoms with van der Waals surface area (Å²) < 4.78 is 0. The number of hydrogen-bond donors (Lipinski definition) is 0. The van der Waals surface area contributed by atoms with Crippen LogP contribution in [0, 0.1) is 5.92 Å². The summed E-state index contributed by atoms with van der Waals surface area (Å²) >= 11 is 0. The van der Waals surface area contributed by atoms with Gasteiger partial charge in [-0.05, 0) is 5.92 Å². The molecule has 0 saturated carbocycles. The Morgan fingerprint density at radius 3 is 1.00 bits per heavy atom. The maximum atomic E-state index is 2.17. The minimum absolute atomic E-state index is 0. The fourth-order valence-corrected chi connectivity index (χ4v) is 0. The van der Waals surface area contributed by atoms with Crippen molar-refractivity contribution in [3.8, 4) is 0 Å². The van der Waals surface area contributed by atoms with E-state index < -0.39 is 0 Å². The van der Waals surface area contributed by atoms with Crippen LogP contribution in [0.2, 0.25) is 0 Å². The van der Waals surface area contributed by atoms with Crippen LogP contribution in [0.5, 0.6) is 0 Å². The first-order valence-electron chi connectivity index (χ1n) is 1.73. The van der Waals surface area contributed by atoms with Gasteiger partial charge in [0.05, 0.1) is 0 Å². The molecule has 0 heterocycles. The van der Waals surface area contributed by atoms with Crippen molar-refractivity contribution < 1.29 is 0 Å². The Morgan fingerprint density at radius 1 is 1.00 bits per heavy atom. The number of rotatable bonds is 0. The quantitative estimate of drug-likeness (QED) is 0.397. The average Bonchev–Trinajstić information content (AvgIpc) is 0.811. The van der Waals surface area contributed by atoms with E-state index in [2.05, 4.69) is 20.8 Å². The predicted molar refractivity (Wildman–Crippen MR) is 27.7 cm³/mol. The van der Waals surface area contributed by atoms with E-state index in [1.807, 2.05) is 0 Å². The van der Waals surface area contributed by atoms with Crippen molar-refractivity contribution in [2.45, 2.75) is 20.8 Å². The summed E-state index contributed by atoms with van der Waals surface area (Å²) in [6.07, 6.45) is 0. The Morgan fingerprint density at radius 2 is 1.00 bits per heavy atom. The molecule has 0 radical (unpaired) electrons. The second kappa shape index (κ2) is 5.64. The van der Waals surface area contributed by atoms with Crippen molar-refractivity contribution in [1.29, 1.82) is 0 Å². The third-order valence-corrected chi connectivity index (χ3v) is 0. The first-order chi connectivity index (χ1) is 1.73. The molecule has 28 valence electrons. The van der Waals surface area contributed by atoms with E-state index in [4.69, 9.17) is 0 Å². The van der Waals surface area contributed by atoms with Crippen molar-refractivity contribution in [2.75, 3.05) is 0 Å². The van der Waals surface area contributed by atoms with Gasteiger partial charge in [0.1, 0.15) is 0 Å². The van der Waals surface area contributed by atoms with E-state index in [1.165, 1.54) is 0 Å². The fourth-order valence-electron chi connectivity index (χ4n) is 0. The van der Waals surface area contributed by atoms with Crippen LogP contribution in [-0.2, 0) is 0 Å². The molecule has 0 unspecified atom stereocenters. The zero-order valence-electron chi connectivity index (χ0n) is 3.58. The topological polar surface area (TPSA) is 0 Å². The van der Waals surface area contributed by atoms with E-state index in [9.17, 15) is 0 Å². The second-order valence-electron chi connectivity index (χ2n) is 1.73. The first kappa shape index (κ1) is 9.81. The van der Waals surface area contributed by atoms with Crippen molar-refractivity contribution in [3.05, 3.63) is 0 Å². The van der Waals surface area contributed by atoms with Gasteiger partial charge < -0.3 is 0 Å². The standard InChI is InChI=1S/C4H10.K.H/c1-4(2)3;;/h4H,1-3H3;;. The van der Waals surface area contributed by atoms with E-state index in [0.29, 0.717) is 0 Å². The van der Waals surface area contributed by atoms with Crippen molar-refractivity contribution in [3.63, 3.8) is 0 Å². The van der Waals surface area contributed by atoms with Crippen molar-refractivity contribution in [2.24, 2.45) is 5.92 Å². The van der Waals surface area contributed by atoms with Gasteiger partial charge in [0.25, 0.3) is 0 Å². The second-order valence-corrected chi connectivity index (χ2v) is 1.73. The van der Waals surface area contributed by atoms with Crippen LogP contribution in [0.3, 0.4) is 0 Å². The summed E-state index contributed by atoms with van der Waals surface area (Å²) in [7, 11) is 0. The van der Waals surface area contributed by atoms with Crippen LogP contribution >= 0.6 is 0 Å². The van der Waals surface area contributed by atoms with E-state index in [-0.39, 0.29) is 51.4 Å². The first-order valence-corrected chi connectivity index (χ1v) is 1.73. The predicted octanol–water partition coefficient (Wildman–Crippen LogP) is 1.01. The van der Waals surface area contributed by atoms with E-state index in [1.54, 1.807) is 0 Å². The normalized spacial score (nSPS) is 7.20. The molecule has 0 spiro atoms. The Hall–Kier alpha value is 1.64. The van der Waals surface area contributed by atoms with Gasteiger partial charge in [-0.25, -0.2) is 0 Å². The molecule has 0 aliphatic heterocycles. The average molecular weight is 98.2 g/mol. The molecule has 0 aromatic carbocycles. The summed E-state index contributed by atoms with van der Waals surface area (Å²) in [6, 6.07) is 0. The minimum atomic E-state index is 0. The monoisotopic (exact) mass is 98.0 g/mol. The Kier molecular flexibility index (Phi) is 11.1.